The van der Waals surface area contributed by atoms with Gasteiger partial charge in [0.15, 0.2) is 0 Å². The topological polar surface area (TPSA) is 29.9 Å². The summed E-state index contributed by atoms with van der Waals surface area (Å²) in [7, 11) is 1.92. The number of aryl methyl sites for hydroxylation is 2. The molecule has 0 amide bonds. The highest BCUT2D eigenvalue weighted by Gasteiger charge is 2.14. The molecule has 2 aromatic rings. The number of aromatic nitrogens is 2. The van der Waals surface area contributed by atoms with E-state index in [9.17, 15) is 4.39 Å². The first-order valence-electron chi connectivity index (χ1n) is 6.49. The van der Waals surface area contributed by atoms with Crippen molar-refractivity contribution in [1.29, 1.82) is 0 Å². The molecule has 2 unspecified atom stereocenters. The van der Waals surface area contributed by atoms with Crippen LogP contribution in [-0.2, 0) is 7.05 Å². The van der Waals surface area contributed by atoms with Gasteiger partial charge in [0.05, 0.1) is 5.69 Å². The van der Waals surface area contributed by atoms with Crippen molar-refractivity contribution < 1.29 is 4.39 Å². The summed E-state index contributed by atoms with van der Waals surface area (Å²) in [5.41, 5.74) is 2.74. The minimum absolute atomic E-state index is 0.0833. The van der Waals surface area contributed by atoms with E-state index in [0.29, 0.717) is 5.56 Å². The lowest BCUT2D eigenvalue weighted by Gasteiger charge is -2.21. The van der Waals surface area contributed by atoms with E-state index < -0.39 is 0 Å². The third-order valence-corrected chi connectivity index (χ3v) is 3.50. The molecule has 4 heteroatoms. The zero-order valence-corrected chi connectivity index (χ0v) is 11.8. The number of benzene rings is 1. The fourth-order valence-corrected chi connectivity index (χ4v) is 2.24. The molecule has 0 radical (unpaired) electrons. The lowest BCUT2D eigenvalue weighted by Crippen LogP contribution is -2.24. The van der Waals surface area contributed by atoms with Gasteiger partial charge in [-0.1, -0.05) is 12.1 Å². The number of nitrogens with one attached hydrogen (secondary N) is 1. The fraction of sp³-hybridized carbons (Fsp3) is 0.400. The van der Waals surface area contributed by atoms with Crippen molar-refractivity contribution in [3.8, 4) is 0 Å². The lowest BCUT2D eigenvalue weighted by molar-refractivity contribution is 0.467. The molecule has 102 valence electrons. The largest absolute Gasteiger partial charge is 0.302 e. The Kier molecular flexibility index (Phi) is 4.00. The van der Waals surface area contributed by atoms with Gasteiger partial charge in [0.25, 0.3) is 0 Å². The van der Waals surface area contributed by atoms with Crippen LogP contribution in [0.2, 0.25) is 0 Å². The van der Waals surface area contributed by atoms with E-state index in [-0.39, 0.29) is 17.9 Å². The summed E-state index contributed by atoms with van der Waals surface area (Å²) in [6.45, 7) is 5.89. The normalized spacial score (nSPS) is 14.4. The van der Waals surface area contributed by atoms with Gasteiger partial charge in [-0.05, 0) is 44.0 Å². The number of rotatable bonds is 4. The van der Waals surface area contributed by atoms with Crippen molar-refractivity contribution in [2.45, 2.75) is 32.9 Å². The SMILES string of the molecule is Cc1ccc(C(C)NC(C)c2ccnn2C)cc1F. The molecule has 0 aliphatic carbocycles. The van der Waals surface area contributed by atoms with Crippen LogP contribution < -0.4 is 5.32 Å². The van der Waals surface area contributed by atoms with Gasteiger partial charge in [0.1, 0.15) is 5.82 Å². The van der Waals surface area contributed by atoms with Gasteiger partial charge in [0, 0.05) is 25.3 Å². The van der Waals surface area contributed by atoms with E-state index in [1.165, 1.54) is 0 Å². The monoisotopic (exact) mass is 261 g/mol. The van der Waals surface area contributed by atoms with Crippen LogP contribution in [0.4, 0.5) is 4.39 Å². The standard InChI is InChI=1S/C15H20FN3/c1-10-5-6-13(9-14(10)16)11(2)18-12(3)15-7-8-17-19(15)4/h5-9,11-12,18H,1-4H3. The zero-order chi connectivity index (χ0) is 14.0. The summed E-state index contributed by atoms with van der Waals surface area (Å²) < 4.78 is 15.4. The Hall–Kier alpha value is -1.68. The highest BCUT2D eigenvalue weighted by atomic mass is 19.1. The van der Waals surface area contributed by atoms with Crippen molar-refractivity contribution in [3.05, 3.63) is 53.1 Å². The number of hydrogen-bond acceptors (Lipinski definition) is 2. The Morgan fingerprint density at radius 2 is 1.95 bits per heavy atom. The van der Waals surface area contributed by atoms with Crippen LogP contribution in [0.3, 0.4) is 0 Å². The lowest BCUT2D eigenvalue weighted by atomic mass is 10.0. The molecule has 0 spiro atoms. The first-order valence-corrected chi connectivity index (χ1v) is 6.49. The quantitative estimate of drug-likeness (QED) is 0.915. The Labute approximate surface area is 113 Å². The van der Waals surface area contributed by atoms with Crippen LogP contribution in [0.15, 0.2) is 30.5 Å². The van der Waals surface area contributed by atoms with Gasteiger partial charge in [-0.3, -0.25) is 4.68 Å². The summed E-state index contributed by atoms with van der Waals surface area (Å²) in [4.78, 5) is 0. The van der Waals surface area contributed by atoms with E-state index in [1.54, 1.807) is 19.2 Å². The molecule has 0 saturated heterocycles. The summed E-state index contributed by atoms with van der Waals surface area (Å²) in [6.07, 6.45) is 1.78. The number of halogens is 1. The second-order valence-electron chi connectivity index (χ2n) is 5.00. The van der Waals surface area contributed by atoms with Gasteiger partial charge in [-0.2, -0.15) is 5.10 Å². The third-order valence-electron chi connectivity index (χ3n) is 3.50. The summed E-state index contributed by atoms with van der Waals surface area (Å²) in [5, 5.41) is 7.62. The second-order valence-corrected chi connectivity index (χ2v) is 5.00. The fourth-order valence-electron chi connectivity index (χ4n) is 2.24. The molecule has 0 saturated carbocycles. The molecular formula is C15H20FN3. The van der Waals surface area contributed by atoms with Crippen LogP contribution in [0.5, 0.6) is 0 Å². The van der Waals surface area contributed by atoms with E-state index in [4.69, 9.17) is 0 Å². The smallest absolute Gasteiger partial charge is 0.126 e. The highest BCUT2D eigenvalue weighted by Crippen LogP contribution is 2.20. The molecule has 0 fully saturated rings. The Balaban J connectivity index is 2.10. The molecular weight excluding hydrogens is 241 g/mol. The van der Waals surface area contributed by atoms with Gasteiger partial charge in [-0.15, -0.1) is 0 Å². The molecule has 2 rings (SSSR count). The average molecular weight is 261 g/mol. The highest BCUT2D eigenvalue weighted by molar-refractivity contribution is 5.25. The molecule has 0 aliphatic heterocycles. The van der Waals surface area contributed by atoms with Gasteiger partial charge in [-0.25, -0.2) is 4.39 Å². The van der Waals surface area contributed by atoms with Crippen molar-refractivity contribution in [2.75, 3.05) is 0 Å². The molecule has 1 aromatic heterocycles. The molecule has 1 N–H and O–H groups in total. The maximum absolute atomic E-state index is 13.6. The molecule has 3 nitrogen and oxygen atoms in total. The minimum Gasteiger partial charge on any atom is -0.302 e. The van der Waals surface area contributed by atoms with Gasteiger partial charge >= 0.3 is 0 Å². The van der Waals surface area contributed by atoms with Gasteiger partial charge < -0.3 is 5.32 Å². The second kappa shape index (κ2) is 5.53. The van der Waals surface area contributed by atoms with Crippen molar-refractivity contribution in [1.82, 2.24) is 15.1 Å². The minimum atomic E-state index is -0.153. The van der Waals surface area contributed by atoms with Crippen LogP contribution in [-0.4, -0.2) is 9.78 Å². The number of nitrogens with zero attached hydrogens (tertiary/aromatic N) is 2. The van der Waals surface area contributed by atoms with Gasteiger partial charge in [0.2, 0.25) is 0 Å². The van der Waals surface area contributed by atoms with E-state index in [1.807, 2.05) is 36.9 Å². The molecule has 19 heavy (non-hydrogen) atoms. The first-order chi connectivity index (χ1) is 8.99. The van der Waals surface area contributed by atoms with E-state index in [2.05, 4.69) is 17.3 Å². The van der Waals surface area contributed by atoms with Crippen LogP contribution in [0.25, 0.3) is 0 Å². The van der Waals surface area contributed by atoms with E-state index in [0.717, 1.165) is 11.3 Å². The van der Waals surface area contributed by atoms with Crippen LogP contribution in [0.1, 0.15) is 42.8 Å². The number of hydrogen-bond donors (Lipinski definition) is 1. The summed E-state index contributed by atoms with van der Waals surface area (Å²) in [5.74, 6) is -0.153. The predicted octanol–water partition coefficient (Wildman–Crippen LogP) is 3.28. The predicted molar refractivity (Wildman–Crippen MR) is 74.3 cm³/mol. The third kappa shape index (κ3) is 3.01. The molecule has 2 atom stereocenters. The van der Waals surface area contributed by atoms with Crippen molar-refractivity contribution >= 4 is 0 Å². The first kappa shape index (κ1) is 13.7. The van der Waals surface area contributed by atoms with Crippen molar-refractivity contribution in [2.24, 2.45) is 7.05 Å². The average Bonchev–Trinajstić information content (AvgIpc) is 2.79. The van der Waals surface area contributed by atoms with Crippen LogP contribution >= 0.6 is 0 Å². The Morgan fingerprint density at radius 1 is 1.21 bits per heavy atom. The van der Waals surface area contributed by atoms with Crippen LogP contribution in [0, 0.1) is 12.7 Å². The molecule has 0 aliphatic rings. The summed E-state index contributed by atoms with van der Waals surface area (Å²) in [6, 6.07) is 7.61. The Morgan fingerprint density at radius 3 is 2.53 bits per heavy atom. The van der Waals surface area contributed by atoms with Crippen molar-refractivity contribution in [3.63, 3.8) is 0 Å². The molecule has 1 aromatic carbocycles. The molecule has 0 bridgehead atoms. The van der Waals surface area contributed by atoms with E-state index >= 15 is 0 Å². The zero-order valence-electron chi connectivity index (χ0n) is 11.8. The maximum atomic E-state index is 13.6. The molecule has 1 heterocycles. The Bertz CT molecular complexity index is 562. The maximum Gasteiger partial charge on any atom is 0.126 e. The summed E-state index contributed by atoms with van der Waals surface area (Å²) >= 11 is 0.